The van der Waals surface area contributed by atoms with Crippen molar-refractivity contribution in [1.29, 1.82) is 0 Å². The van der Waals surface area contributed by atoms with Crippen molar-refractivity contribution in [2.24, 2.45) is 5.92 Å². The van der Waals surface area contributed by atoms with E-state index >= 15 is 0 Å². The summed E-state index contributed by atoms with van der Waals surface area (Å²) in [6.45, 7) is 9.15. The van der Waals surface area contributed by atoms with Gasteiger partial charge in [0.2, 0.25) is 0 Å². The Morgan fingerprint density at radius 1 is 1.24 bits per heavy atom. The lowest BCUT2D eigenvalue weighted by molar-refractivity contribution is 0.325. The summed E-state index contributed by atoms with van der Waals surface area (Å²) in [4.78, 5) is 5.13. The maximum Gasteiger partial charge on any atom is 0.112 e. The van der Waals surface area contributed by atoms with Crippen molar-refractivity contribution in [2.45, 2.75) is 84.2 Å². The van der Waals surface area contributed by atoms with Gasteiger partial charge in [0.1, 0.15) is 5.82 Å². The Morgan fingerprint density at radius 3 is 2.67 bits per heavy atom. The molecule has 0 spiro atoms. The summed E-state index contributed by atoms with van der Waals surface area (Å²) in [7, 11) is 0. The average molecular weight is 289 g/mol. The normalized spacial score (nSPS) is 21.5. The molecular formula is C18H31N3. The zero-order chi connectivity index (χ0) is 14.8. The third-order valence-corrected chi connectivity index (χ3v) is 5.44. The molecular weight excluding hydrogens is 258 g/mol. The zero-order valence-corrected chi connectivity index (χ0v) is 14.0. The number of hydrogen-bond donors (Lipinski definition) is 1. The van der Waals surface area contributed by atoms with E-state index in [9.17, 15) is 0 Å². The Hall–Kier alpha value is -0.830. The Kier molecular flexibility index (Phi) is 4.68. The average Bonchev–Trinajstić information content (AvgIpc) is 2.88. The molecule has 0 amide bonds. The predicted molar refractivity (Wildman–Crippen MR) is 87.6 cm³/mol. The number of imidazole rings is 1. The molecule has 1 atom stereocenters. The van der Waals surface area contributed by atoms with Crippen LogP contribution in [0.15, 0.2) is 0 Å². The number of aromatic nitrogens is 2. The molecule has 1 aromatic heterocycles. The molecule has 0 aromatic carbocycles. The van der Waals surface area contributed by atoms with Crippen molar-refractivity contribution in [3.8, 4) is 0 Å². The summed E-state index contributed by atoms with van der Waals surface area (Å²) in [5.74, 6) is 2.81. The van der Waals surface area contributed by atoms with Crippen LogP contribution < -0.4 is 5.32 Å². The van der Waals surface area contributed by atoms with E-state index in [-0.39, 0.29) is 0 Å². The van der Waals surface area contributed by atoms with Crippen LogP contribution in [0, 0.1) is 5.92 Å². The van der Waals surface area contributed by atoms with Gasteiger partial charge < -0.3 is 9.88 Å². The highest BCUT2D eigenvalue weighted by Crippen LogP contribution is 2.37. The van der Waals surface area contributed by atoms with Gasteiger partial charge in [-0.1, -0.05) is 40.0 Å². The second-order valence-electron chi connectivity index (χ2n) is 7.21. The van der Waals surface area contributed by atoms with E-state index in [4.69, 9.17) is 4.98 Å². The highest BCUT2D eigenvalue weighted by Gasteiger charge is 2.30. The van der Waals surface area contributed by atoms with Crippen LogP contribution in [-0.4, -0.2) is 16.1 Å². The Balaban J connectivity index is 2.02. The first-order valence-electron chi connectivity index (χ1n) is 9.03. The smallest absolute Gasteiger partial charge is 0.112 e. The van der Waals surface area contributed by atoms with Gasteiger partial charge in [-0.15, -0.1) is 0 Å². The van der Waals surface area contributed by atoms with Crippen LogP contribution in [0.2, 0.25) is 0 Å². The molecule has 21 heavy (non-hydrogen) atoms. The van der Waals surface area contributed by atoms with Crippen molar-refractivity contribution in [2.75, 3.05) is 6.54 Å². The Bertz CT molecular complexity index is 469. The molecule has 3 rings (SSSR count). The fourth-order valence-corrected chi connectivity index (χ4v) is 4.32. The molecule has 0 radical (unpaired) electrons. The van der Waals surface area contributed by atoms with E-state index in [1.807, 2.05) is 0 Å². The topological polar surface area (TPSA) is 29.9 Å². The van der Waals surface area contributed by atoms with Crippen LogP contribution in [0.5, 0.6) is 0 Å². The lowest BCUT2D eigenvalue weighted by Crippen LogP contribution is -2.27. The van der Waals surface area contributed by atoms with E-state index in [1.165, 1.54) is 55.7 Å². The number of nitrogens with zero attached hydrogens (tertiary/aromatic N) is 2. The Labute approximate surface area is 129 Å². The molecule has 1 aliphatic heterocycles. The van der Waals surface area contributed by atoms with Crippen LogP contribution in [0.4, 0.5) is 0 Å². The summed E-state index contributed by atoms with van der Waals surface area (Å²) >= 11 is 0. The fraction of sp³-hybridized carbons (Fsp3) is 0.833. The lowest BCUT2D eigenvalue weighted by Gasteiger charge is -2.30. The van der Waals surface area contributed by atoms with Gasteiger partial charge in [-0.2, -0.15) is 0 Å². The van der Waals surface area contributed by atoms with E-state index in [0.29, 0.717) is 17.9 Å². The molecule has 0 saturated heterocycles. The fourth-order valence-electron chi connectivity index (χ4n) is 4.32. The van der Waals surface area contributed by atoms with Gasteiger partial charge in [0, 0.05) is 37.2 Å². The molecule has 1 aromatic rings. The second kappa shape index (κ2) is 6.51. The predicted octanol–water partition coefficient (Wildman–Crippen LogP) is 4.18. The van der Waals surface area contributed by atoms with Gasteiger partial charge in [-0.3, -0.25) is 0 Å². The molecule has 118 valence electrons. The quantitative estimate of drug-likeness (QED) is 0.901. The molecule has 1 saturated carbocycles. The third kappa shape index (κ3) is 2.90. The van der Waals surface area contributed by atoms with E-state index in [0.717, 1.165) is 19.5 Å². The van der Waals surface area contributed by atoms with Crippen LogP contribution in [0.25, 0.3) is 0 Å². The van der Waals surface area contributed by atoms with Crippen molar-refractivity contribution in [3.63, 3.8) is 0 Å². The SMILES string of the molecule is CCC(C(C)C)n1c(C2CCCCC2)nc2c1CCNC2. The molecule has 3 heteroatoms. The van der Waals surface area contributed by atoms with Crippen molar-refractivity contribution >= 4 is 0 Å². The minimum atomic E-state index is 0.622. The lowest BCUT2D eigenvalue weighted by atomic mass is 9.88. The molecule has 0 bridgehead atoms. The van der Waals surface area contributed by atoms with Crippen LogP contribution in [0.1, 0.15) is 88.5 Å². The monoisotopic (exact) mass is 289 g/mol. The second-order valence-corrected chi connectivity index (χ2v) is 7.21. The molecule has 1 unspecified atom stereocenters. The van der Waals surface area contributed by atoms with Gasteiger partial charge in [-0.25, -0.2) is 4.98 Å². The van der Waals surface area contributed by atoms with E-state index < -0.39 is 0 Å². The van der Waals surface area contributed by atoms with Crippen molar-refractivity contribution in [3.05, 3.63) is 17.2 Å². The highest BCUT2D eigenvalue weighted by atomic mass is 15.1. The number of hydrogen-bond acceptors (Lipinski definition) is 2. The van der Waals surface area contributed by atoms with Gasteiger partial charge in [0.05, 0.1) is 5.69 Å². The Morgan fingerprint density at radius 2 is 2.00 bits per heavy atom. The highest BCUT2D eigenvalue weighted by molar-refractivity contribution is 5.23. The maximum atomic E-state index is 5.13. The van der Waals surface area contributed by atoms with E-state index in [1.54, 1.807) is 0 Å². The maximum absolute atomic E-state index is 5.13. The summed E-state index contributed by atoms with van der Waals surface area (Å²) in [6, 6.07) is 0.622. The molecule has 1 N–H and O–H groups in total. The molecule has 1 fully saturated rings. The third-order valence-electron chi connectivity index (χ3n) is 5.44. The molecule has 2 heterocycles. The van der Waals surface area contributed by atoms with E-state index in [2.05, 4.69) is 30.7 Å². The number of rotatable bonds is 4. The van der Waals surface area contributed by atoms with Gasteiger partial charge in [0.15, 0.2) is 0 Å². The first kappa shape index (κ1) is 15.1. The first-order chi connectivity index (χ1) is 10.2. The molecule has 3 nitrogen and oxygen atoms in total. The van der Waals surface area contributed by atoms with Gasteiger partial charge in [-0.05, 0) is 25.2 Å². The summed E-state index contributed by atoms with van der Waals surface area (Å²) in [5.41, 5.74) is 2.87. The standard InChI is InChI=1S/C18H31N3/c1-4-16(13(2)3)21-17-10-11-19-12-15(17)20-18(21)14-8-6-5-7-9-14/h13-14,16,19H,4-12H2,1-3H3. The van der Waals surface area contributed by atoms with Crippen LogP contribution in [-0.2, 0) is 13.0 Å². The number of nitrogens with one attached hydrogen (secondary N) is 1. The summed E-state index contributed by atoms with van der Waals surface area (Å²) < 4.78 is 2.68. The summed E-state index contributed by atoms with van der Waals surface area (Å²) in [6.07, 6.45) is 9.25. The van der Waals surface area contributed by atoms with Gasteiger partial charge in [0.25, 0.3) is 0 Å². The zero-order valence-electron chi connectivity index (χ0n) is 14.0. The largest absolute Gasteiger partial charge is 0.328 e. The number of fused-ring (bicyclic) bond motifs is 1. The minimum Gasteiger partial charge on any atom is -0.328 e. The molecule has 1 aliphatic carbocycles. The van der Waals surface area contributed by atoms with Crippen LogP contribution >= 0.6 is 0 Å². The molecule has 2 aliphatic rings. The van der Waals surface area contributed by atoms with Crippen molar-refractivity contribution < 1.29 is 0 Å². The minimum absolute atomic E-state index is 0.622. The van der Waals surface area contributed by atoms with Crippen molar-refractivity contribution in [1.82, 2.24) is 14.9 Å². The first-order valence-corrected chi connectivity index (χ1v) is 9.03. The van der Waals surface area contributed by atoms with Crippen LogP contribution in [0.3, 0.4) is 0 Å². The summed E-state index contributed by atoms with van der Waals surface area (Å²) in [5, 5.41) is 3.49. The van der Waals surface area contributed by atoms with Gasteiger partial charge >= 0.3 is 0 Å².